The molecule has 0 N–H and O–H groups in total. The molecule has 1 saturated heterocycles. The van der Waals surface area contributed by atoms with Crippen LogP contribution in [0.1, 0.15) is 12.5 Å². The summed E-state index contributed by atoms with van der Waals surface area (Å²) in [5.74, 6) is 0. The van der Waals surface area contributed by atoms with Gasteiger partial charge in [0.15, 0.2) is 0 Å². The Bertz CT molecular complexity index is 325. The van der Waals surface area contributed by atoms with Crippen molar-refractivity contribution in [2.75, 3.05) is 26.3 Å². The van der Waals surface area contributed by atoms with Crippen LogP contribution in [-0.2, 0) is 11.2 Å². The molecule has 0 amide bonds. The van der Waals surface area contributed by atoms with E-state index in [0.717, 1.165) is 37.2 Å². The summed E-state index contributed by atoms with van der Waals surface area (Å²) < 4.78 is 6.58. The lowest BCUT2D eigenvalue weighted by molar-refractivity contribution is 0.000363. The highest BCUT2D eigenvalue weighted by molar-refractivity contribution is 9.10. The van der Waals surface area contributed by atoms with E-state index in [1.54, 1.807) is 0 Å². The molecule has 2 nitrogen and oxygen atoms in total. The molecular formula is C13H18BrNO. The first-order valence-corrected chi connectivity index (χ1v) is 6.61. The monoisotopic (exact) mass is 283 g/mol. The number of morpholine rings is 1. The molecule has 3 heteroatoms. The second-order valence-corrected chi connectivity index (χ2v) is 5.25. The predicted octanol–water partition coefficient (Wildman–Crippen LogP) is 2.71. The van der Waals surface area contributed by atoms with Crippen molar-refractivity contribution in [1.82, 2.24) is 4.90 Å². The Morgan fingerprint density at radius 1 is 1.38 bits per heavy atom. The van der Waals surface area contributed by atoms with Crippen molar-refractivity contribution in [3.05, 3.63) is 34.3 Å². The van der Waals surface area contributed by atoms with Crippen LogP contribution in [0, 0.1) is 0 Å². The van der Waals surface area contributed by atoms with Crippen LogP contribution in [0.4, 0.5) is 0 Å². The van der Waals surface area contributed by atoms with E-state index in [1.807, 2.05) is 0 Å². The normalized spacial score (nSPS) is 22.2. The molecule has 1 aromatic rings. The van der Waals surface area contributed by atoms with Gasteiger partial charge in [-0.3, -0.25) is 4.90 Å². The van der Waals surface area contributed by atoms with Gasteiger partial charge in [0.25, 0.3) is 0 Å². The molecule has 0 aromatic heterocycles. The third-order valence-electron chi connectivity index (χ3n) is 3.11. The van der Waals surface area contributed by atoms with E-state index in [-0.39, 0.29) is 0 Å². The van der Waals surface area contributed by atoms with Gasteiger partial charge in [-0.2, -0.15) is 0 Å². The van der Waals surface area contributed by atoms with Gasteiger partial charge in [0.05, 0.1) is 13.2 Å². The van der Waals surface area contributed by atoms with Crippen molar-refractivity contribution in [1.29, 1.82) is 0 Å². The third-order valence-corrected chi connectivity index (χ3v) is 3.63. The maximum atomic E-state index is 5.43. The van der Waals surface area contributed by atoms with Gasteiger partial charge in [-0.25, -0.2) is 0 Å². The van der Waals surface area contributed by atoms with Crippen LogP contribution < -0.4 is 0 Å². The summed E-state index contributed by atoms with van der Waals surface area (Å²) >= 11 is 3.46. The van der Waals surface area contributed by atoms with Crippen molar-refractivity contribution in [3.63, 3.8) is 0 Å². The summed E-state index contributed by atoms with van der Waals surface area (Å²) in [7, 11) is 0. The summed E-state index contributed by atoms with van der Waals surface area (Å²) in [6.45, 7) is 6.19. The Morgan fingerprint density at radius 3 is 2.81 bits per heavy atom. The van der Waals surface area contributed by atoms with Gasteiger partial charge in [-0.05, 0) is 31.0 Å². The molecule has 0 saturated carbocycles. The highest BCUT2D eigenvalue weighted by Crippen LogP contribution is 2.12. The van der Waals surface area contributed by atoms with Crippen LogP contribution in [0.25, 0.3) is 0 Å². The molecule has 1 aliphatic rings. The predicted molar refractivity (Wildman–Crippen MR) is 69.7 cm³/mol. The fourth-order valence-corrected chi connectivity index (χ4v) is 2.28. The van der Waals surface area contributed by atoms with E-state index in [9.17, 15) is 0 Å². The summed E-state index contributed by atoms with van der Waals surface area (Å²) in [5.41, 5.74) is 1.40. The quantitative estimate of drug-likeness (QED) is 0.846. The second kappa shape index (κ2) is 5.80. The van der Waals surface area contributed by atoms with E-state index in [4.69, 9.17) is 4.74 Å². The van der Waals surface area contributed by atoms with Gasteiger partial charge >= 0.3 is 0 Å². The molecule has 0 aliphatic carbocycles. The van der Waals surface area contributed by atoms with Gasteiger partial charge < -0.3 is 4.74 Å². The highest BCUT2D eigenvalue weighted by atomic mass is 79.9. The van der Waals surface area contributed by atoms with E-state index < -0.39 is 0 Å². The fourth-order valence-electron chi connectivity index (χ4n) is 2.02. The minimum atomic E-state index is 0.559. The molecular weight excluding hydrogens is 266 g/mol. The molecule has 16 heavy (non-hydrogen) atoms. The first kappa shape index (κ1) is 12.1. The van der Waals surface area contributed by atoms with Crippen LogP contribution in [0.15, 0.2) is 28.7 Å². The summed E-state index contributed by atoms with van der Waals surface area (Å²) in [6, 6.07) is 9.16. The molecule has 1 aromatic carbocycles. The van der Waals surface area contributed by atoms with Crippen LogP contribution in [0.3, 0.4) is 0 Å². The van der Waals surface area contributed by atoms with Crippen molar-refractivity contribution in [3.8, 4) is 0 Å². The molecule has 0 spiro atoms. The minimum Gasteiger partial charge on any atom is -0.379 e. The van der Waals surface area contributed by atoms with Crippen LogP contribution in [-0.4, -0.2) is 37.2 Å². The zero-order valence-corrected chi connectivity index (χ0v) is 11.2. The zero-order valence-electron chi connectivity index (χ0n) is 9.66. The molecule has 88 valence electrons. The SMILES string of the molecule is CC1COCCN1CCc1ccc(Br)cc1. The molecule has 0 radical (unpaired) electrons. The van der Waals surface area contributed by atoms with Crippen molar-refractivity contribution in [2.45, 2.75) is 19.4 Å². The number of halogens is 1. The standard InChI is InChI=1S/C13H18BrNO/c1-11-10-16-9-8-15(11)7-6-12-2-4-13(14)5-3-12/h2-5,11H,6-10H2,1H3. The Morgan fingerprint density at radius 2 is 2.12 bits per heavy atom. The van der Waals surface area contributed by atoms with Crippen molar-refractivity contribution < 1.29 is 4.74 Å². The summed E-state index contributed by atoms with van der Waals surface area (Å²) in [5, 5.41) is 0. The van der Waals surface area contributed by atoms with E-state index >= 15 is 0 Å². The smallest absolute Gasteiger partial charge is 0.0619 e. The first-order valence-electron chi connectivity index (χ1n) is 5.82. The average Bonchev–Trinajstić information content (AvgIpc) is 2.30. The van der Waals surface area contributed by atoms with Gasteiger partial charge in [-0.1, -0.05) is 28.1 Å². The van der Waals surface area contributed by atoms with E-state index in [2.05, 4.69) is 52.0 Å². The Balaban J connectivity index is 1.84. The van der Waals surface area contributed by atoms with E-state index in [1.165, 1.54) is 5.56 Å². The summed E-state index contributed by atoms with van der Waals surface area (Å²) in [6.07, 6.45) is 1.12. The van der Waals surface area contributed by atoms with Crippen molar-refractivity contribution >= 4 is 15.9 Å². The largest absolute Gasteiger partial charge is 0.379 e. The minimum absolute atomic E-state index is 0.559. The number of nitrogens with zero attached hydrogens (tertiary/aromatic N) is 1. The summed E-state index contributed by atoms with van der Waals surface area (Å²) in [4.78, 5) is 2.51. The molecule has 1 heterocycles. The lowest BCUT2D eigenvalue weighted by Crippen LogP contribution is -2.44. The Hall–Kier alpha value is -0.380. The Labute approximate surface area is 106 Å². The average molecular weight is 284 g/mol. The maximum absolute atomic E-state index is 5.43. The molecule has 1 aliphatic heterocycles. The van der Waals surface area contributed by atoms with Crippen LogP contribution in [0.2, 0.25) is 0 Å². The number of hydrogen-bond acceptors (Lipinski definition) is 2. The fraction of sp³-hybridized carbons (Fsp3) is 0.538. The number of ether oxygens (including phenoxy) is 1. The lowest BCUT2D eigenvalue weighted by Gasteiger charge is -2.33. The number of hydrogen-bond donors (Lipinski definition) is 0. The van der Waals surface area contributed by atoms with Gasteiger partial charge in [0.1, 0.15) is 0 Å². The molecule has 2 rings (SSSR count). The Kier molecular flexibility index (Phi) is 4.38. The topological polar surface area (TPSA) is 12.5 Å². The van der Waals surface area contributed by atoms with Crippen LogP contribution in [0.5, 0.6) is 0 Å². The van der Waals surface area contributed by atoms with Gasteiger partial charge in [-0.15, -0.1) is 0 Å². The first-order chi connectivity index (χ1) is 7.75. The number of rotatable bonds is 3. The number of benzene rings is 1. The second-order valence-electron chi connectivity index (χ2n) is 4.34. The van der Waals surface area contributed by atoms with Gasteiger partial charge in [0, 0.05) is 23.6 Å². The van der Waals surface area contributed by atoms with E-state index in [0.29, 0.717) is 6.04 Å². The van der Waals surface area contributed by atoms with Crippen LogP contribution >= 0.6 is 15.9 Å². The molecule has 1 fully saturated rings. The molecule has 0 bridgehead atoms. The lowest BCUT2D eigenvalue weighted by atomic mass is 10.1. The zero-order chi connectivity index (χ0) is 11.4. The molecule has 1 unspecified atom stereocenters. The maximum Gasteiger partial charge on any atom is 0.0619 e. The highest BCUT2D eigenvalue weighted by Gasteiger charge is 2.17. The van der Waals surface area contributed by atoms with Crippen molar-refractivity contribution in [2.24, 2.45) is 0 Å². The third kappa shape index (κ3) is 3.30. The van der Waals surface area contributed by atoms with Gasteiger partial charge in [0.2, 0.25) is 0 Å². The molecule has 1 atom stereocenters.